The first-order valence-corrected chi connectivity index (χ1v) is 6.43. The van der Waals surface area contributed by atoms with Gasteiger partial charge in [0.25, 0.3) is 0 Å². The molecule has 7 nitrogen and oxygen atoms in total. The summed E-state index contributed by atoms with van der Waals surface area (Å²) in [5, 5.41) is 5.45. The van der Waals surface area contributed by atoms with Crippen LogP contribution in [0.1, 0.15) is 19.8 Å². The first kappa shape index (κ1) is 15.6. The summed E-state index contributed by atoms with van der Waals surface area (Å²) in [6.07, 6.45) is 0.867. The minimum absolute atomic E-state index is 0.0212. The van der Waals surface area contributed by atoms with Gasteiger partial charge in [0, 0.05) is 20.2 Å². The van der Waals surface area contributed by atoms with E-state index in [0.717, 1.165) is 6.42 Å². The lowest BCUT2D eigenvalue weighted by Crippen LogP contribution is -2.44. The molecule has 1 atom stereocenters. The van der Waals surface area contributed by atoms with Crippen molar-refractivity contribution in [3.8, 4) is 0 Å². The van der Waals surface area contributed by atoms with Crippen molar-refractivity contribution in [3.63, 3.8) is 0 Å². The topological polar surface area (TPSA) is 87.7 Å². The lowest BCUT2D eigenvalue weighted by molar-refractivity contribution is -0.138. The van der Waals surface area contributed by atoms with Crippen molar-refractivity contribution in [3.05, 3.63) is 0 Å². The van der Waals surface area contributed by atoms with E-state index in [0.29, 0.717) is 19.7 Å². The van der Waals surface area contributed by atoms with E-state index in [1.165, 1.54) is 4.90 Å². The molecule has 0 spiro atoms. The van der Waals surface area contributed by atoms with Gasteiger partial charge in [-0.15, -0.1) is 0 Å². The van der Waals surface area contributed by atoms with Crippen LogP contribution in [0.15, 0.2) is 0 Å². The molecule has 0 aliphatic carbocycles. The lowest BCUT2D eigenvalue weighted by atomic mass is 10.2. The summed E-state index contributed by atoms with van der Waals surface area (Å²) in [5.74, 6) is -0.632. The van der Waals surface area contributed by atoms with Crippen LogP contribution in [0.5, 0.6) is 0 Å². The van der Waals surface area contributed by atoms with Crippen LogP contribution in [0, 0.1) is 0 Å². The Morgan fingerprint density at radius 2 is 2.21 bits per heavy atom. The minimum Gasteiger partial charge on any atom is -0.383 e. The molecule has 0 saturated carbocycles. The predicted octanol–water partition coefficient (Wildman–Crippen LogP) is -1.12. The van der Waals surface area contributed by atoms with Gasteiger partial charge in [-0.2, -0.15) is 0 Å². The van der Waals surface area contributed by atoms with Crippen molar-refractivity contribution in [2.45, 2.75) is 25.8 Å². The number of carbonyl (C=O) groups excluding carboxylic acids is 3. The second-order valence-electron chi connectivity index (χ2n) is 4.36. The third-order valence-electron chi connectivity index (χ3n) is 2.83. The summed E-state index contributed by atoms with van der Waals surface area (Å²) in [7, 11) is 1.55. The number of hydrogen-bond donors (Lipinski definition) is 2. The number of amides is 3. The third-order valence-corrected chi connectivity index (χ3v) is 2.83. The first-order chi connectivity index (χ1) is 9.10. The maximum atomic E-state index is 11.9. The van der Waals surface area contributed by atoms with Gasteiger partial charge < -0.3 is 10.1 Å². The zero-order valence-electron chi connectivity index (χ0n) is 11.4. The Labute approximate surface area is 112 Å². The zero-order valence-corrected chi connectivity index (χ0v) is 11.4. The molecule has 1 fully saturated rings. The van der Waals surface area contributed by atoms with E-state index in [1.807, 2.05) is 6.92 Å². The molecule has 2 N–H and O–H groups in total. The summed E-state index contributed by atoms with van der Waals surface area (Å²) in [6.45, 7) is 3.24. The second-order valence-corrected chi connectivity index (χ2v) is 4.36. The average molecular weight is 271 g/mol. The number of likely N-dealkylation sites (tertiary alicyclic amines) is 1. The number of ether oxygens (including phenoxy) is 1. The smallest absolute Gasteiger partial charge is 0.246 e. The molecule has 0 radical (unpaired) electrons. The highest BCUT2D eigenvalue weighted by Gasteiger charge is 2.37. The van der Waals surface area contributed by atoms with Crippen LogP contribution in [0.25, 0.3) is 0 Å². The van der Waals surface area contributed by atoms with Crippen LogP contribution < -0.4 is 10.6 Å². The molecule has 0 aromatic carbocycles. The van der Waals surface area contributed by atoms with Crippen LogP contribution in [0.2, 0.25) is 0 Å². The van der Waals surface area contributed by atoms with Crippen LogP contribution in [-0.4, -0.2) is 62.0 Å². The number of nitrogens with one attached hydrogen (secondary N) is 2. The fraction of sp³-hybridized carbons (Fsp3) is 0.750. The van der Waals surface area contributed by atoms with Gasteiger partial charge in [0.05, 0.1) is 25.6 Å². The molecule has 0 bridgehead atoms. The highest BCUT2D eigenvalue weighted by molar-refractivity contribution is 6.05. The van der Waals surface area contributed by atoms with Crippen molar-refractivity contribution < 1.29 is 19.1 Å². The molecule has 0 aromatic heterocycles. The molecule has 19 heavy (non-hydrogen) atoms. The SMILES string of the molecule is CCCN1C(=O)CC(NCC(=O)NCCOC)C1=O. The number of carbonyl (C=O) groups is 3. The molecule has 1 heterocycles. The van der Waals surface area contributed by atoms with E-state index in [2.05, 4.69) is 10.6 Å². The molecule has 1 unspecified atom stereocenters. The lowest BCUT2D eigenvalue weighted by Gasteiger charge is -2.14. The van der Waals surface area contributed by atoms with Gasteiger partial charge in [-0.3, -0.25) is 24.6 Å². The van der Waals surface area contributed by atoms with Crippen molar-refractivity contribution in [2.24, 2.45) is 0 Å². The van der Waals surface area contributed by atoms with Crippen LogP contribution in [0.3, 0.4) is 0 Å². The molecule has 0 aromatic rings. The van der Waals surface area contributed by atoms with Gasteiger partial charge in [-0.1, -0.05) is 6.92 Å². The van der Waals surface area contributed by atoms with Crippen LogP contribution in [0.4, 0.5) is 0 Å². The maximum Gasteiger partial charge on any atom is 0.246 e. The molecule has 7 heteroatoms. The van der Waals surface area contributed by atoms with Gasteiger partial charge >= 0.3 is 0 Å². The minimum atomic E-state index is -0.577. The zero-order chi connectivity index (χ0) is 14.3. The summed E-state index contributed by atoms with van der Waals surface area (Å²) >= 11 is 0. The quantitative estimate of drug-likeness (QED) is 0.431. The van der Waals surface area contributed by atoms with Gasteiger partial charge in [0.2, 0.25) is 17.7 Å². The summed E-state index contributed by atoms with van der Waals surface area (Å²) in [5.41, 5.74) is 0. The molecule has 1 rings (SSSR count). The fourth-order valence-corrected chi connectivity index (χ4v) is 1.87. The Kier molecular flexibility index (Phi) is 6.44. The highest BCUT2D eigenvalue weighted by Crippen LogP contribution is 2.12. The second kappa shape index (κ2) is 7.85. The number of hydrogen-bond acceptors (Lipinski definition) is 5. The number of methoxy groups -OCH3 is 1. The maximum absolute atomic E-state index is 11.9. The van der Waals surface area contributed by atoms with E-state index < -0.39 is 6.04 Å². The first-order valence-electron chi connectivity index (χ1n) is 6.43. The van der Waals surface area contributed by atoms with Crippen molar-refractivity contribution in [1.82, 2.24) is 15.5 Å². The number of imide groups is 1. The van der Waals surface area contributed by atoms with E-state index in [1.54, 1.807) is 7.11 Å². The normalized spacial score (nSPS) is 19.1. The Hall–Kier alpha value is -1.47. The van der Waals surface area contributed by atoms with Crippen LogP contribution in [-0.2, 0) is 19.1 Å². The van der Waals surface area contributed by atoms with E-state index in [9.17, 15) is 14.4 Å². The molecule has 1 aliphatic heterocycles. The van der Waals surface area contributed by atoms with Crippen LogP contribution >= 0.6 is 0 Å². The molecule has 1 aliphatic rings. The molecule has 1 saturated heterocycles. The Morgan fingerprint density at radius 3 is 2.84 bits per heavy atom. The monoisotopic (exact) mass is 271 g/mol. The van der Waals surface area contributed by atoms with Crippen molar-refractivity contribution >= 4 is 17.7 Å². The number of rotatable bonds is 8. The van der Waals surface area contributed by atoms with E-state index in [-0.39, 0.29) is 30.7 Å². The Bertz CT molecular complexity index is 346. The van der Waals surface area contributed by atoms with Crippen molar-refractivity contribution in [2.75, 3.05) is 33.4 Å². The van der Waals surface area contributed by atoms with Gasteiger partial charge in [0.15, 0.2) is 0 Å². The molecular weight excluding hydrogens is 250 g/mol. The average Bonchev–Trinajstić information content (AvgIpc) is 2.65. The molecular formula is C12H21N3O4. The predicted molar refractivity (Wildman–Crippen MR) is 68.3 cm³/mol. The number of nitrogens with zero attached hydrogens (tertiary/aromatic N) is 1. The third kappa shape index (κ3) is 4.60. The van der Waals surface area contributed by atoms with E-state index >= 15 is 0 Å². The van der Waals surface area contributed by atoms with Gasteiger partial charge in [-0.05, 0) is 6.42 Å². The largest absolute Gasteiger partial charge is 0.383 e. The molecule has 108 valence electrons. The summed E-state index contributed by atoms with van der Waals surface area (Å²) in [4.78, 5) is 36.1. The van der Waals surface area contributed by atoms with Gasteiger partial charge in [-0.25, -0.2) is 0 Å². The highest BCUT2D eigenvalue weighted by atomic mass is 16.5. The standard InChI is InChI=1S/C12H21N3O4/c1-3-5-15-11(17)7-9(12(15)18)14-8-10(16)13-4-6-19-2/h9,14H,3-8H2,1-2H3,(H,13,16). The molecule has 3 amide bonds. The summed E-state index contributed by atoms with van der Waals surface area (Å²) in [6, 6.07) is -0.577. The van der Waals surface area contributed by atoms with E-state index in [4.69, 9.17) is 4.74 Å². The fourth-order valence-electron chi connectivity index (χ4n) is 1.87. The summed E-state index contributed by atoms with van der Waals surface area (Å²) < 4.78 is 4.80. The Morgan fingerprint density at radius 1 is 1.47 bits per heavy atom. The van der Waals surface area contributed by atoms with Gasteiger partial charge in [0.1, 0.15) is 0 Å². The van der Waals surface area contributed by atoms with Crippen molar-refractivity contribution in [1.29, 1.82) is 0 Å². The Balaban J connectivity index is 2.32.